The number of benzene rings is 3. The van der Waals surface area contributed by atoms with E-state index in [0.29, 0.717) is 12.6 Å². The topological polar surface area (TPSA) is 88.2 Å². The molecule has 1 saturated heterocycles. The van der Waals surface area contributed by atoms with Gasteiger partial charge in [-0.1, -0.05) is 36.4 Å². The van der Waals surface area contributed by atoms with E-state index in [9.17, 15) is 0 Å². The molecule has 202 valence electrons. The number of imidazole rings is 1. The number of nitrogens with one attached hydrogen (secondary N) is 2. The summed E-state index contributed by atoms with van der Waals surface area (Å²) in [5.41, 5.74) is 3.32. The summed E-state index contributed by atoms with van der Waals surface area (Å²) in [6.07, 6.45) is 4.53. The molecule has 6 rings (SSSR count). The summed E-state index contributed by atoms with van der Waals surface area (Å²) >= 11 is 1.99. The normalized spacial score (nSPS) is 13.3. The van der Waals surface area contributed by atoms with Crippen LogP contribution in [0.4, 0.5) is 11.6 Å². The van der Waals surface area contributed by atoms with Crippen LogP contribution in [0, 0.1) is 0 Å². The van der Waals surface area contributed by atoms with E-state index < -0.39 is 0 Å². The molecule has 1 aliphatic rings. The minimum Gasteiger partial charge on any atom is -0.493 e. The Morgan fingerprint density at radius 3 is 2.67 bits per heavy atom. The highest BCUT2D eigenvalue weighted by Gasteiger charge is 2.12. The van der Waals surface area contributed by atoms with Gasteiger partial charge in [-0.2, -0.15) is 0 Å². The van der Waals surface area contributed by atoms with Crippen molar-refractivity contribution in [2.75, 3.05) is 36.6 Å². The van der Waals surface area contributed by atoms with Gasteiger partial charge in [-0.15, -0.1) is 11.8 Å². The van der Waals surface area contributed by atoms with Crippen molar-refractivity contribution in [3.8, 4) is 40.0 Å². The molecule has 0 bridgehead atoms. The lowest BCUT2D eigenvalue weighted by Crippen LogP contribution is -2.22. The second-order valence-corrected chi connectivity index (χ2v) is 10.4. The third kappa shape index (κ3) is 6.80. The lowest BCUT2D eigenvalue weighted by atomic mass is 10.2. The fraction of sp³-hybridized carbons (Fsp3) is 0.194. The zero-order valence-electron chi connectivity index (χ0n) is 22.0. The van der Waals surface area contributed by atoms with Crippen LogP contribution in [0.25, 0.3) is 22.8 Å². The Morgan fingerprint density at radius 2 is 1.77 bits per heavy atom. The predicted octanol–water partition coefficient (Wildman–Crippen LogP) is 6.84. The zero-order chi connectivity index (χ0) is 27.0. The van der Waals surface area contributed by atoms with E-state index in [2.05, 4.69) is 25.2 Å². The van der Waals surface area contributed by atoms with E-state index in [-0.39, 0.29) is 0 Å². The highest BCUT2D eigenvalue weighted by Crippen LogP contribution is 2.28. The first kappa shape index (κ1) is 25.9. The van der Waals surface area contributed by atoms with Crippen LogP contribution < -0.4 is 14.8 Å². The molecule has 0 amide bonds. The van der Waals surface area contributed by atoms with Gasteiger partial charge in [0.05, 0.1) is 24.2 Å². The van der Waals surface area contributed by atoms with Crippen LogP contribution in [-0.4, -0.2) is 56.2 Å². The Balaban J connectivity index is 1.09. The maximum atomic E-state index is 5.99. The maximum absolute atomic E-state index is 5.99. The number of thioether (sulfide) groups is 1. The van der Waals surface area contributed by atoms with E-state index in [0.717, 1.165) is 64.6 Å². The van der Waals surface area contributed by atoms with Crippen molar-refractivity contribution in [3.63, 3.8) is 0 Å². The number of anilines is 2. The van der Waals surface area contributed by atoms with Gasteiger partial charge >= 0.3 is 0 Å². The van der Waals surface area contributed by atoms with Crippen LogP contribution >= 0.6 is 11.8 Å². The van der Waals surface area contributed by atoms with Crippen molar-refractivity contribution in [3.05, 3.63) is 97.3 Å². The van der Waals surface area contributed by atoms with Crippen molar-refractivity contribution >= 4 is 23.4 Å². The molecule has 3 aromatic carbocycles. The molecule has 0 unspecified atom stereocenters. The number of hydrogen-bond donors (Lipinski definition) is 2. The second kappa shape index (κ2) is 12.7. The van der Waals surface area contributed by atoms with Crippen LogP contribution in [0.3, 0.4) is 0 Å². The molecule has 3 heterocycles. The highest BCUT2D eigenvalue weighted by atomic mass is 32.2. The summed E-state index contributed by atoms with van der Waals surface area (Å²) in [6, 6.07) is 27.3. The van der Waals surface area contributed by atoms with Crippen LogP contribution in [0.2, 0.25) is 0 Å². The van der Waals surface area contributed by atoms with Crippen LogP contribution in [0.15, 0.2) is 97.3 Å². The number of aromatic nitrogens is 4. The first-order valence-corrected chi connectivity index (χ1v) is 14.5. The summed E-state index contributed by atoms with van der Waals surface area (Å²) < 4.78 is 12.0. The van der Waals surface area contributed by atoms with E-state index in [4.69, 9.17) is 14.5 Å². The molecule has 0 aliphatic carbocycles. The third-order valence-corrected chi connectivity index (χ3v) is 7.42. The fourth-order valence-corrected chi connectivity index (χ4v) is 5.43. The molecule has 2 aromatic heterocycles. The maximum Gasteiger partial charge on any atom is 0.227 e. The Morgan fingerprint density at radius 1 is 0.900 bits per heavy atom. The Hall–Kier alpha value is -4.34. The number of aromatic amines is 1. The average Bonchev–Trinajstić information content (AvgIpc) is 3.70. The van der Waals surface area contributed by atoms with Crippen molar-refractivity contribution in [2.24, 2.45) is 0 Å². The summed E-state index contributed by atoms with van der Waals surface area (Å²) in [4.78, 5) is 19.5. The minimum atomic E-state index is 0.496. The van der Waals surface area contributed by atoms with Gasteiger partial charge in [0, 0.05) is 48.2 Å². The fourth-order valence-electron chi connectivity index (χ4n) is 4.40. The molecule has 9 heteroatoms. The molecule has 2 N–H and O–H groups in total. The van der Waals surface area contributed by atoms with Gasteiger partial charge in [-0.05, 0) is 48.9 Å². The molecular formula is C31H30N6O2S. The number of ether oxygens (including phenoxy) is 2. The molecule has 0 spiro atoms. The van der Waals surface area contributed by atoms with Crippen molar-refractivity contribution in [1.29, 1.82) is 0 Å². The first-order valence-electron chi connectivity index (χ1n) is 13.3. The second-order valence-electron chi connectivity index (χ2n) is 9.36. The van der Waals surface area contributed by atoms with E-state index in [1.165, 1.54) is 12.3 Å². The van der Waals surface area contributed by atoms with Crippen LogP contribution in [-0.2, 0) is 0 Å². The molecule has 1 fully saturated rings. The number of nitrogens with zero attached hydrogens (tertiary/aromatic N) is 4. The molecule has 8 nitrogen and oxygen atoms in total. The largest absolute Gasteiger partial charge is 0.493 e. The standard InChI is InChI=1S/C31H30N6O2S/c1-2-9-25(10-3-1)39-27-12-4-7-23(19-27)30-33-21-29(35-30)28-13-14-32-31(36-28)34-24-8-5-11-26(20-24)38-17-6-15-37-16-18-40-22-37/h1-5,7-14,19-21H,6,15-18,22H2,(H,33,35)(H,32,34,36). The smallest absolute Gasteiger partial charge is 0.227 e. The van der Waals surface area contributed by atoms with E-state index in [1.54, 1.807) is 12.4 Å². The predicted molar refractivity (Wildman–Crippen MR) is 160 cm³/mol. The quantitative estimate of drug-likeness (QED) is 0.173. The van der Waals surface area contributed by atoms with E-state index in [1.807, 2.05) is 96.7 Å². The number of rotatable bonds is 11. The molecule has 0 saturated carbocycles. The Labute approximate surface area is 237 Å². The first-order chi connectivity index (χ1) is 19.8. The van der Waals surface area contributed by atoms with Gasteiger partial charge in [-0.3, -0.25) is 4.90 Å². The highest BCUT2D eigenvalue weighted by molar-refractivity contribution is 7.99. The van der Waals surface area contributed by atoms with Gasteiger partial charge in [0.25, 0.3) is 0 Å². The van der Waals surface area contributed by atoms with Gasteiger partial charge in [0.15, 0.2) is 0 Å². The molecular weight excluding hydrogens is 520 g/mol. The van der Waals surface area contributed by atoms with Crippen LogP contribution in [0.5, 0.6) is 17.2 Å². The lowest BCUT2D eigenvalue weighted by Gasteiger charge is -2.14. The molecule has 0 atom stereocenters. The van der Waals surface area contributed by atoms with Crippen molar-refractivity contribution in [2.45, 2.75) is 6.42 Å². The van der Waals surface area contributed by atoms with Gasteiger partial charge in [0.1, 0.15) is 23.1 Å². The minimum absolute atomic E-state index is 0.496. The molecule has 40 heavy (non-hydrogen) atoms. The van der Waals surface area contributed by atoms with Gasteiger partial charge in [-0.25, -0.2) is 15.0 Å². The Kier molecular flexibility index (Phi) is 8.21. The lowest BCUT2D eigenvalue weighted by molar-refractivity contribution is 0.269. The van der Waals surface area contributed by atoms with Gasteiger partial charge < -0.3 is 19.8 Å². The number of para-hydroxylation sites is 1. The average molecular weight is 551 g/mol. The summed E-state index contributed by atoms with van der Waals surface area (Å²) in [6.45, 7) is 2.95. The van der Waals surface area contributed by atoms with Gasteiger partial charge in [0.2, 0.25) is 5.95 Å². The van der Waals surface area contributed by atoms with E-state index >= 15 is 0 Å². The molecule has 1 aliphatic heterocycles. The summed E-state index contributed by atoms with van der Waals surface area (Å²) in [5, 5.41) is 3.29. The zero-order valence-corrected chi connectivity index (χ0v) is 22.8. The molecule has 5 aromatic rings. The summed E-state index contributed by atoms with van der Waals surface area (Å²) in [5.74, 6) is 5.95. The number of H-pyrrole nitrogens is 1. The third-order valence-electron chi connectivity index (χ3n) is 6.40. The number of hydrogen-bond acceptors (Lipinski definition) is 8. The molecule has 0 radical (unpaired) electrons. The Bertz CT molecular complexity index is 1540. The SMILES string of the molecule is c1ccc(Oc2cccc(-c3ncc(-c4ccnc(Nc5cccc(OCCCN6CCSC6)c5)n4)[nH]3)c2)cc1. The van der Waals surface area contributed by atoms with Crippen LogP contribution in [0.1, 0.15) is 6.42 Å². The summed E-state index contributed by atoms with van der Waals surface area (Å²) in [7, 11) is 0. The van der Waals surface area contributed by atoms with Crippen molar-refractivity contribution < 1.29 is 9.47 Å². The van der Waals surface area contributed by atoms with Crippen molar-refractivity contribution in [1.82, 2.24) is 24.8 Å². The monoisotopic (exact) mass is 550 g/mol.